The first-order valence-electron chi connectivity index (χ1n) is 12.0. The third-order valence-corrected chi connectivity index (χ3v) is 5.67. The number of hydrogen-bond donors (Lipinski definition) is 3. The number of pyridine rings is 1. The average molecular weight is 483 g/mol. The van der Waals surface area contributed by atoms with Gasteiger partial charge in [0.05, 0.1) is 23.5 Å². The van der Waals surface area contributed by atoms with Gasteiger partial charge in [0, 0.05) is 6.54 Å². The molecule has 4 N–H and O–H groups in total. The van der Waals surface area contributed by atoms with Crippen LogP contribution in [-0.4, -0.2) is 28.9 Å². The molecule has 10 nitrogen and oxygen atoms in total. The molecule has 1 atom stereocenters. The Morgan fingerprint density at radius 1 is 1.20 bits per heavy atom. The summed E-state index contributed by atoms with van der Waals surface area (Å²) in [6.07, 6.45) is 5.88. The average Bonchev–Trinajstić information content (AvgIpc) is 2.87. The SMILES string of the molecule is CCCCNc1c(/N=N/c2ccc(C(=O)OCC(CC)CCCC)cc2)c(O)n(N)c(=O)c1C#N. The number of aromatic hydroxyl groups is 1. The number of nitrogens with two attached hydrogens (primary N) is 1. The number of rotatable bonds is 13. The zero-order valence-corrected chi connectivity index (χ0v) is 20.6. The van der Waals surface area contributed by atoms with Crippen molar-refractivity contribution in [1.82, 2.24) is 4.68 Å². The quantitative estimate of drug-likeness (QED) is 0.154. The zero-order valence-electron chi connectivity index (χ0n) is 20.6. The number of carbonyl (C=O) groups excluding carboxylic acids is 1. The van der Waals surface area contributed by atoms with Gasteiger partial charge in [-0.3, -0.25) is 4.79 Å². The minimum absolute atomic E-state index is 0.0719. The second-order valence-electron chi connectivity index (χ2n) is 8.25. The second kappa shape index (κ2) is 13.7. The summed E-state index contributed by atoms with van der Waals surface area (Å²) in [5.74, 6) is 4.94. The van der Waals surface area contributed by atoms with E-state index in [4.69, 9.17) is 10.6 Å². The molecular formula is C25H34N6O4. The molecule has 1 aromatic heterocycles. The standard InChI is InChI=1S/C25H34N6O4/c1-4-7-9-17(6-3)16-35-25(34)18-10-12-19(13-11-18)29-30-22-21(28-14-8-5-2)20(15-26)23(32)31(27)24(22)33/h10-13,17,28,33H,4-9,14,16,27H2,1-3H3/b30-29+. The van der Waals surface area contributed by atoms with Crippen molar-refractivity contribution in [1.29, 1.82) is 5.26 Å². The predicted octanol–water partition coefficient (Wildman–Crippen LogP) is 5.14. The van der Waals surface area contributed by atoms with Gasteiger partial charge >= 0.3 is 5.97 Å². The number of nitrogens with zero attached hydrogens (tertiary/aromatic N) is 4. The molecule has 0 aliphatic heterocycles. The number of nitrogens with one attached hydrogen (secondary N) is 1. The highest BCUT2D eigenvalue weighted by Gasteiger charge is 2.21. The minimum atomic E-state index is -0.842. The Bertz CT molecular complexity index is 1120. The number of anilines is 1. The lowest BCUT2D eigenvalue weighted by Gasteiger charge is -2.14. The number of hydrogen-bond acceptors (Lipinski definition) is 9. The number of nitrogen functional groups attached to an aromatic ring is 1. The topological polar surface area (TPSA) is 155 Å². The van der Waals surface area contributed by atoms with E-state index in [1.165, 1.54) is 0 Å². The lowest BCUT2D eigenvalue weighted by atomic mass is 10.0. The summed E-state index contributed by atoms with van der Waals surface area (Å²) >= 11 is 0. The number of esters is 1. The summed E-state index contributed by atoms with van der Waals surface area (Å²) < 4.78 is 5.92. The Labute approximate surface area is 205 Å². The van der Waals surface area contributed by atoms with Gasteiger partial charge in [-0.1, -0.05) is 46.5 Å². The van der Waals surface area contributed by atoms with Gasteiger partial charge in [0.25, 0.3) is 5.56 Å². The van der Waals surface area contributed by atoms with Gasteiger partial charge in [-0.05, 0) is 43.0 Å². The molecule has 0 amide bonds. The summed E-state index contributed by atoms with van der Waals surface area (Å²) in [4.78, 5) is 24.7. The Balaban J connectivity index is 2.21. The molecule has 0 aliphatic rings. The highest BCUT2D eigenvalue weighted by Crippen LogP contribution is 2.36. The molecule has 35 heavy (non-hydrogen) atoms. The first kappa shape index (κ1) is 27.4. The molecule has 1 unspecified atom stereocenters. The van der Waals surface area contributed by atoms with E-state index in [9.17, 15) is 20.0 Å². The van der Waals surface area contributed by atoms with Crippen molar-refractivity contribution in [2.24, 2.45) is 16.1 Å². The number of aromatic nitrogens is 1. The van der Waals surface area contributed by atoms with Crippen LogP contribution >= 0.6 is 0 Å². The number of unbranched alkanes of at least 4 members (excludes halogenated alkanes) is 2. The van der Waals surface area contributed by atoms with E-state index in [0.717, 1.165) is 38.5 Å². The van der Waals surface area contributed by atoms with Gasteiger partial charge in [0.2, 0.25) is 5.88 Å². The molecular weight excluding hydrogens is 448 g/mol. The molecule has 0 radical (unpaired) electrons. The van der Waals surface area contributed by atoms with Crippen molar-refractivity contribution in [2.45, 2.75) is 59.3 Å². The van der Waals surface area contributed by atoms with E-state index >= 15 is 0 Å². The molecule has 0 saturated carbocycles. The van der Waals surface area contributed by atoms with Crippen molar-refractivity contribution in [3.63, 3.8) is 0 Å². The van der Waals surface area contributed by atoms with Crippen molar-refractivity contribution >= 4 is 23.0 Å². The second-order valence-corrected chi connectivity index (χ2v) is 8.25. The van der Waals surface area contributed by atoms with Crippen LogP contribution in [0.1, 0.15) is 75.2 Å². The normalized spacial score (nSPS) is 11.8. The molecule has 0 saturated heterocycles. The van der Waals surface area contributed by atoms with E-state index in [-0.39, 0.29) is 16.9 Å². The van der Waals surface area contributed by atoms with Gasteiger partial charge in [0.1, 0.15) is 11.6 Å². The fourth-order valence-electron chi connectivity index (χ4n) is 3.38. The summed E-state index contributed by atoms with van der Waals surface area (Å²) in [6, 6.07) is 8.13. The number of azo groups is 1. The molecule has 10 heteroatoms. The number of nitriles is 1. The first-order valence-corrected chi connectivity index (χ1v) is 12.0. The van der Waals surface area contributed by atoms with Crippen LogP contribution < -0.4 is 16.7 Å². The Kier molecular flexibility index (Phi) is 10.8. The highest BCUT2D eigenvalue weighted by molar-refractivity contribution is 5.89. The van der Waals surface area contributed by atoms with Crippen LogP contribution in [0, 0.1) is 17.2 Å². The minimum Gasteiger partial charge on any atom is -0.492 e. The van der Waals surface area contributed by atoms with E-state index in [2.05, 4.69) is 29.4 Å². The fourth-order valence-corrected chi connectivity index (χ4v) is 3.38. The maximum Gasteiger partial charge on any atom is 0.338 e. The maximum absolute atomic E-state index is 12.4. The van der Waals surface area contributed by atoms with Crippen LogP contribution in [0.25, 0.3) is 0 Å². The molecule has 2 aromatic rings. The van der Waals surface area contributed by atoms with Crippen LogP contribution in [-0.2, 0) is 4.74 Å². The number of carbonyl (C=O) groups is 1. The van der Waals surface area contributed by atoms with E-state index in [1.54, 1.807) is 24.3 Å². The highest BCUT2D eigenvalue weighted by atomic mass is 16.5. The third kappa shape index (κ3) is 7.30. The van der Waals surface area contributed by atoms with Crippen molar-refractivity contribution in [3.05, 3.63) is 45.7 Å². The smallest absolute Gasteiger partial charge is 0.338 e. The summed E-state index contributed by atoms with van der Waals surface area (Å²) in [6.45, 7) is 7.08. The van der Waals surface area contributed by atoms with Crippen LogP contribution in [0.15, 0.2) is 39.3 Å². The largest absolute Gasteiger partial charge is 0.492 e. The van der Waals surface area contributed by atoms with E-state index in [1.807, 2.05) is 13.0 Å². The molecule has 1 heterocycles. The summed E-state index contributed by atoms with van der Waals surface area (Å²) in [5.41, 5.74) is -0.378. The van der Waals surface area contributed by atoms with Gasteiger partial charge in [-0.2, -0.15) is 15.1 Å². The number of ether oxygens (including phenoxy) is 1. The van der Waals surface area contributed by atoms with Crippen LogP contribution in [0.2, 0.25) is 0 Å². The lowest BCUT2D eigenvalue weighted by molar-refractivity contribution is 0.0428. The third-order valence-electron chi connectivity index (χ3n) is 5.67. The molecule has 0 fully saturated rings. The van der Waals surface area contributed by atoms with E-state index in [0.29, 0.717) is 35.0 Å². The first-order chi connectivity index (χ1) is 16.9. The lowest BCUT2D eigenvalue weighted by Crippen LogP contribution is -2.30. The molecule has 188 valence electrons. The van der Waals surface area contributed by atoms with Crippen LogP contribution in [0.5, 0.6) is 5.88 Å². The zero-order chi connectivity index (χ0) is 25.8. The Hall–Kier alpha value is -3.87. The van der Waals surface area contributed by atoms with Gasteiger partial charge in [-0.25, -0.2) is 4.79 Å². The van der Waals surface area contributed by atoms with Gasteiger partial charge < -0.3 is 21.0 Å². The Morgan fingerprint density at radius 3 is 2.49 bits per heavy atom. The molecule has 1 aromatic carbocycles. The molecule has 0 bridgehead atoms. The van der Waals surface area contributed by atoms with Crippen molar-refractivity contribution in [3.8, 4) is 11.9 Å². The fraction of sp³-hybridized carbons (Fsp3) is 0.480. The molecule has 0 spiro atoms. The van der Waals surface area contributed by atoms with E-state index < -0.39 is 17.4 Å². The van der Waals surface area contributed by atoms with Gasteiger partial charge in [-0.15, -0.1) is 5.11 Å². The predicted molar refractivity (Wildman–Crippen MR) is 135 cm³/mol. The monoisotopic (exact) mass is 482 g/mol. The summed E-state index contributed by atoms with van der Waals surface area (Å²) in [7, 11) is 0. The Morgan fingerprint density at radius 2 is 1.89 bits per heavy atom. The van der Waals surface area contributed by atoms with Crippen molar-refractivity contribution in [2.75, 3.05) is 24.3 Å². The van der Waals surface area contributed by atoms with Gasteiger partial charge in [0.15, 0.2) is 5.69 Å². The number of benzene rings is 1. The summed E-state index contributed by atoms with van der Waals surface area (Å²) in [5, 5.41) is 30.9. The maximum atomic E-state index is 12.4. The van der Waals surface area contributed by atoms with Crippen molar-refractivity contribution < 1.29 is 14.6 Å². The molecule has 0 aliphatic carbocycles. The molecule has 2 rings (SSSR count). The van der Waals surface area contributed by atoms with Crippen LogP contribution in [0.3, 0.4) is 0 Å². The van der Waals surface area contributed by atoms with Crippen LogP contribution in [0.4, 0.5) is 17.1 Å².